The first-order chi connectivity index (χ1) is 6.84. The second-order valence-corrected chi connectivity index (χ2v) is 5.18. The van der Waals surface area contributed by atoms with Crippen LogP contribution in [0.5, 0.6) is 0 Å². The molecule has 0 spiro atoms. The molecule has 0 rings (SSSR count). The number of rotatable bonds is 6. The molecule has 90 valence electrons. The number of nitrogens with two attached hydrogens (primary N) is 1. The number of hydrogen-bond donors (Lipinski definition) is 1. The summed E-state index contributed by atoms with van der Waals surface area (Å²) < 4.78 is 0. The van der Waals surface area contributed by atoms with E-state index >= 15 is 0 Å². The van der Waals surface area contributed by atoms with E-state index in [1.165, 1.54) is 0 Å². The number of nitrogens with zero attached hydrogens (tertiary/aromatic N) is 1. The van der Waals surface area contributed by atoms with Crippen molar-refractivity contribution in [3.8, 4) is 0 Å². The molecule has 1 atom stereocenters. The Morgan fingerprint density at radius 3 is 2.13 bits per heavy atom. The highest BCUT2D eigenvalue weighted by Crippen LogP contribution is 2.07. The van der Waals surface area contributed by atoms with Crippen LogP contribution < -0.4 is 5.73 Å². The molecule has 0 aliphatic carbocycles. The van der Waals surface area contributed by atoms with E-state index in [1.54, 1.807) is 4.90 Å². The summed E-state index contributed by atoms with van der Waals surface area (Å²) >= 11 is 0. The number of carbonyl (C=O) groups excluding carboxylic acids is 1. The SMILES string of the molecule is CC(C)CCN(C)C(=O)[C@H](N)CC(C)C. The Hall–Kier alpha value is -0.570. The summed E-state index contributed by atoms with van der Waals surface area (Å²) in [7, 11) is 1.84. The lowest BCUT2D eigenvalue weighted by atomic mass is 10.0. The second kappa shape index (κ2) is 6.83. The monoisotopic (exact) mass is 214 g/mol. The molecular formula is C12H26N2O. The Morgan fingerprint density at radius 1 is 1.20 bits per heavy atom. The topological polar surface area (TPSA) is 46.3 Å². The van der Waals surface area contributed by atoms with Gasteiger partial charge in [0.25, 0.3) is 0 Å². The minimum atomic E-state index is -0.331. The molecule has 3 nitrogen and oxygen atoms in total. The molecule has 0 aromatic carbocycles. The Labute approximate surface area is 94.0 Å². The molecule has 0 bridgehead atoms. The maximum atomic E-state index is 11.8. The average molecular weight is 214 g/mol. The number of carbonyl (C=O) groups is 1. The van der Waals surface area contributed by atoms with E-state index in [1.807, 2.05) is 7.05 Å². The summed E-state index contributed by atoms with van der Waals surface area (Å²) in [5, 5.41) is 0. The zero-order chi connectivity index (χ0) is 12.0. The Balaban J connectivity index is 3.96. The van der Waals surface area contributed by atoms with Crippen LogP contribution >= 0.6 is 0 Å². The van der Waals surface area contributed by atoms with Crippen LogP contribution in [0.2, 0.25) is 0 Å². The minimum absolute atomic E-state index is 0.0735. The van der Waals surface area contributed by atoms with Crippen LogP contribution in [0.1, 0.15) is 40.5 Å². The standard InChI is InChI=1S/C12H26N2O/c1-9(2)6-7-14(5)12(15)11(13)8-10(3)4/h9-11H,6-8,13H2,1-5H3/t11-/m1/s1. The molecular weight excluding hydrogens is 188 g/mol. The number of amides is 1. The van der Waals surface area contributed by atoms with E-state index in [2.05, 4.69) is 27.7 Å². The predicted molar refractivity (Wildman–Crippen MR) is 64.5 cm³/mol. The fourth-order valence-corrected chi connectivity index (χ4v) is 1.45. The van der Waals surface area contributed by atoms with Gasteiger partial charge in [0, 0.05) is 13.6 Å². The first-order valence-electron chi connectivity index (χ1n) is 5.85. The van der Waals surface area contributed by atoms with Crippen molar-refractivity contribution >= 4 is 5.91 Å². The van der Waals surface area contributed by atoms with Crippen LogP contribution in [0.3, 0.4) is 0 Å². The Morgan fingerprint density at radius 2 is 1.73 bits per heavy atom. The van der Waals surface area contributed by atoms with E-state index in [9.17, 15) is 4.79 Å². The van der Waals surface area contributed by atoms with E-state index in [0.29, 0.717) is 11.8 Å². The molecule has 0 aromatic rings. The average Bonchev–Trinajstić information content (AvgIpc) is 2.11. The van der Waals surface area contributed by atoms with Gasteiger partial charge >= 0.3 is 0 Å². The van der Waals surface area contributed by atoms with Gasteiger partial charge in [0.15, 0.2) is 0 Å². The van der Waals surface area contributed by atoms with Crippen LogP contribution in [-0.2, 0) is 4.79 Å². The summed E-state index contributed by atoms with van der Waals surface area (Å²) in [4.78, 5) is 13.5. The van der Waals surface area contributed by atoms with Gasteiger partial charge in [-0.3, -0.25) is 4.79 Å². The molecule has 0 aliphatic rings. The fraction of sp³-hybridized carbons (Fsp3) is 0.917. The van der Waals surface area contributed by atoms with Crippen molar-refractivity contribution in [1.82, 2.24) is 4.90 Å². The lowest BCUT2D eigenvalue weighted by Gasteiger charge is -2.23. The first kappa shape index (κ1) is 14.4. The molecule has 3 heteroatoms. The molecule has 0 aliphatic heterocycles. The molecule has 0 aromatic heterocycles. The van der Waals surface area contributed by atoms with E-state index in [4.69, 9.17) is 5.73 Å². The molecule has 0 saturated heterocycles. The molecule has 0 radical (unpaired) electrons. The lowest BCUT2D eigenvalue weighted by Crippen LogP contribution is -2.43. The van der Waals surface area contributed by atoms with Gasteiger partial charge in [0.05, 0.1) is 6.04 Å². The quantitative estimate of drug-likeness (QED) is 0.733. The number of likely N-dealkylation sites (N-methyl/N-ethyl adjacent to an activating group) is 1. The molecule has 15 heavy (non-hydrogen) atoms. The molecule has 2 N–H and O–H groups in total. The van der Waals surface area contributed by atoms with Gasteiger partial charge in [-0.15, -0.1) is 0 Å². The van der Waals surface area contributed by atoms with Crippen molar-refractivity contribution in [3.05, 3.63) is 0 Å². The lowest BCUT2D eigenvalue weighted by molar-refractivity contribution is -0.131. The fourth-order valence-electron chi connectivity index (χ4n) is 1.45. The van der Waals surface area contributed by atoms with Gasteiger partial charge in [0.2, 0.25) is 5.91 Å². The molecule has 0 unspecified atom stereocenters. The van der Waals surface area contributed by atoms with E-state index in [-0.39, 0.29) is 11.9 Å². The second-order valence-electron chi connectivity index (χ2n) is 5.18. The van der Waals surface area contributed by atoms with E-state index < -0.39 is 0 Å². The van der Waals surface area contributed by atoms with Crippen molar-refractivity contribution in [1.29, 1.82) is 0 Å². The summed E-state index contributed by atoms with van der Waals surface area (Å²) in [6, 6.07) is -0.331. The van der Waals surface area contributed by atoms with Gasteiger partial charge in [-0.1, -0.05) is 27.7 Å². The Bertz CT molecular complexity index is 190. The van der Waals surface area contributed by atoms with Crippen LogP contribution in [0.4, 0.5) is 0 Å². The van der Waals surface area contributed by atoms with Crippen molar-refractivity contribution in [2.24, 2.45) is 17.6 Å². The van der Waals surface area contributed by atoms with Gasteiger partial charge in [-0.05, 0) is 24.7 Å². The van der Waals surface area contributed by atoms with Crippen LogP contribution in [0.15, 0.2) is 0 Å². The van der Waals surface area contributed by atoms with Gasteiger partial charge in [0.1, 0.15) is 0 Å². The van der Waals surface area contributed by atoms with E-state index in [0.717, 1.165) is 19.4 Å². The minimum Gasteiger partial charge on any atom is -0.344 e. The molecule has 0 heterocycles. The molecule has 0 fully saturated rings. The van der Waals surface area contributed by atoms with Crippen molar-refractivity contribution in [3.63, 3.8) is 0 Å². The predicted octanol–water partition coefficient (Wildman–Crippen LogP) is 1.86. The highest BCUT2D eigenvalue weighted by molar-refractivity contribution is 5.81. The van der Waals surface area contributed by atoms with Crippen molar-refractivity contribution < 1.29 is 4.79 Å². The van der Waals surface area contributed by atoms with Crippen LogP contribution in [-0.4, -0.2) is 30.4 Å². The number of hydrogen-bond acceptors (Lipinski definition) is 2. The van der Waals surface area contributed by atoms with Gasteiger partial charge in [-0.2, -0.15) is 0 Å². The third-order valence-electron chi connectivity index (χ3n) is 2.46. The van der Waals surface area contributed by atoms with Crippen molar-refractivity contribution in [2.75, 3.05) is 13.6 Å². The maximum Gasteiger partial charge on any atom is 0.239 e. The smallest absolute Gasteiger partial charge is 0.239 e. The Kier molecular flexibility index (Phi) is 6.57. The highest BCUT2D eigenvalue weighted by Gasteiger charge is 2.18. The largest absolute Gasteiger partial charge is 0.344 e. The summed E-state index contributed by atoms with van der Waals surface area (Å²) in [6.07, 6.45) is 1.81. The maximum absolute atomic E-state index is 11.8. The van der Waals surface area contributed by atoms with Crippen molar-refractivity contribution in [2.45, 2.75) is 46.6 Å². The highest BCUT2D eigenvalue weighted by atomic mass is 16.2. The zero-order valence-corrected chi connectivity index (χ0v) is 10.8. The molecule has 0 saturated carbocycles. The summed E-state index contributed by atoms with van der Waals surface area (Å²) in [5.74, 6) is 1.17. The molecule has 1 amide bonds. The zero-order valence-electron chi connectivity index (χ0n) is 10.8. The third kappa shape index (κ3) is 6.50. The van der Waals surface area contributed by atoms with Crippen LogP contribution in [0, 0.1) is 11.8 Å². The normalized spacial score (nSPS) is 13.3. The van der Waals surface area contributed by atoms with Gasteiger partial charge < -0.3 is 10.6 Å². The van der Waals surface area contributed by atoms with Gasteiger partial charge in [-0.25, -0.2) is 0 Å². The van der Waals surface area contributed by atoms with Crippen LogP contribution in [0.25, 0.3) is 0 Å². The third-order valence-corrected chi connectivity index (χ3v) is 2.46. The summed E-state index contributed by atoms with van der Waals surface area (Å²) in [5.41, 5.74) is 5.83. The summed E-state index contributed by atoms with van der Waals surface area (Å²) in [6.45, 7) is 9.30. The first-order valence-corrected chi connectivity index (χ1v) is 5.85.